The molecule has 49 heavy (non-hydrogen) atoms. The van der Waals surface area contributed by atoms with E-state index in [-0.39, 0.29) is 44.0 Å². The zero-order chi connectivity index (χ0) is 34.6. The fourth-order valence-electron chi connectivity index (χ4n) is 8.95. The van der Waals surface area contributed by atoms with E-state index in [0.29, 0.717) is 48.2 Å². The molecule has 2 saturated carbocycles. The Hall–Kier alpha value is -2.05. The van der Waals surface area contributed by atoms with Gasteiger partial charge in [0, 0.05) is 49.1 Å². The van der Waals surface area contributed by atoms with Crippen molar-refractivity contribution in [2.45, 2.75) is 79.1 Å². The summed E-state index contributed by atoms with van der Waals surface area (Å²) in [5, 5.41) is 74.6. The van der Waals surface area contributed by atoms with Crippen LogP contribution >= 0.6 is 21.6 Å². The van der Waals surface area contributed by atoms with Crippen molar-refractivity contribution in [3.05, 3.63) is 36.1 Å². The first-order valence-corrected chi connectivity index (χ1v) is 19.4. The summed E-state index contributed by atoms with van der Waals surface area (Å²) >= 11 is 0. The zero-order valence-corrected chi connectivity index (χ0v) is 28.9. The van der Waals surface area contributed by atoms with Gasteiger partial charge in [-0.1, -0.05) is 27.7 Å². The second kappa shape index (κ2) is 13.5. The van der Waals surface area contributed by atoms with E-state index < -0.39 is 77.0 Å². The Balaban J connectivity index is 1.47. The van der Waals surface area contributed by atoms with E-state index in [2.05, 4.69) is 5.32 Å². The Bertz CT molecular complexity index is 1570. The number of esters is 1. The summed E-state index contributed by atoms with van der Waals surface area (Å²) in [6.07, 6.45) is 2.58. The summed E-state index contributed by atoms with van der Waals surface area (Å²) in [4.78, 5) is 12.6. The lowest BCUT2D eigenvalue weighted by Crippen LogP contribution is -2.90. The molecule has 3 aliphatic heterocycles. The first-order chi connectivity index (χ1) is 23.6. The number of carbonyl (C=O) groups is 1. The molecule has 0 radical (unpaired) electrons. The summed E-state index contributed by atoms with van der Waals surface area (Å²) < 4.78 is 31.3. The summed E-state index contributed by atoms with van der Waals surface area (Å²) in [7, 11) is 2.90. The Morgan fingerprint density at radius 2 is 2.00 bits per heavy atom. The van der Waals surface area contributed by atoms with Crippen molar-refractivity contribution in [1.82, 2.24) is 5.32 Å². The summed E-state index contributed by atoms with van der Waals surface area (Å²) in [5.41, 5.74) is -5.62. The third-order valence-corrected chi connectivity index (χ3v) is 14.0. The van der Waals surface area contributed by atoms with Crippen molar-refractivity contribution in [1.29, 1.82) is 0 Å². The highest BCUT2D eigenvalue weighted by Crippen LogP contribution is 2.66. The maximum Gasteiger partial charge on any atom is 0.306 e. The highest BCUT2D eigenvalue weighted by molar-refractivity contribution is 8.77. The normalized spacial score (nSPS) is 40.3. The Morgan fingerprint density at radius 3 is 2.78 bits per heavy atom. The van der Waals surface area contributed by atoms with E-state index in [1.165, 1.54) is 33.9 Å². The molecule has 0 unspecified atom stereocenters. The lowest BCUT2D eigenvalue weighted by molar-refractivity contribution is -0.453. The minimum Gasteiger partial charge on any atom is -0.485 e. The van der Waals surface area contributed by atoms with E-state index >= 15 is 0 Å². The zero-order valence-electron chi connectivity index (χ0n) is 27.3. The first kappa shape index (κ1) is 35.4. The van der Waals surface area contributed by atoms with Gasteiger partial charge >= 0.3 is 5.97 Å². The molecule has 10 atom stereocenters. The number of hydrogen-bond donors (Lipinski definition) is 7. The largest absolute Gasteiger partial charge is 0.485 e. The number of carbonyl (C=O) groups excluding carboxylic acids is 1. The number of aryl methyl sites for hydroxylation is 1. The smallest absolute Gasteiger partial charge is 0.306 e. The van der Waals surface area contributed by atoms with Gasteiger partial charge in [-0.3, -0.25) is 4.79 Å². The van der Waals surface area contributed by atoms with Gasteiger partial charge in [-0.2, -0.15) is 0 Å². The molecule has 270 valence electrons. The van der Waals surface area contributed by atoms with Gasteiger partial charge in [0.2, 0.25) is 5.75 Å². The SMILES string of the molecule is CCOC(=O)CCc1cc2ccoc2c2c1O[C@]13C=C[C@@H](SSCCNCCO2)[C@](CO)(O1)[C@]1(O)C[C@@H]2CC[C@H](O)[C@H](CO)[C@H]2[C@@]3(O)[C@H]1O. The molecule has 15 heteroatoms. The number of nitrogens with one attached hydrogen (secondary N) is 1. The number of ether oxygens (including phenoxy) is 4. The van der Waals surface area contributed by atoms with Gasteiger partial charge in [0.1, 0.15) is 23.9 Å². The predicted octanol–water partition coefficient (Wildman–Crippen LogP) is 1.29. The van der Waals surface area contributed by atoms with Gasteiger partial charge in [-0.05, 0) is 62.3 Å². The van der Waals surface area contributed by atoms with Crippen LogP contribution in [0.15, 0.2) is 35.0 Å². The summed E-state index contributed by atoms with van der Waals surface area (Å²) in [5.74, 6) is -4.17. The van der Waals surface area contributed by atoms with Crippen molar-refractivity contribution < 1.29 is 58.8 Å². The number of fused-ring (bicyclic) bond motifs is 11. The number of rotatable bonds is 6. The van der Waals surface area contributed by atoms with Crippen molar-refractivity contribution >= 4 is 38.5 Å². The highest BCUT2D eigenvalue weighted by atomic mass is 33.1. The number of benzene rings is 1. The third-order valence-electron chi connectivity index (χ3n) is 11.2. The van der Waals surface area contributed by atoms with Gasteiger partial charge in [0.25, 0.3) is 5.79 Å². The lowest BCUT2D eigenvalue weighted by atomic mass is 9.46. The molecule has 4 heterocycles. The number of hydrogen-bond acceptors (Lipinski definition) is 15. The van der Waals surface area contributed by atoms with Crippen LogP contribution in [0.3, 0.4) is 0 Å². The van der Waals surface area contributed by atoms with Gasteiger partial charge in [0.15, 0.2) is 16.9 Å². The van der Waals surface area contributed by atoms with E-state index in [1.54, 1.807) is 25.1 Å². The van der Waals surface area contributed by atoms with Crippen LogP contribution < -0.4 is 14.8 Å². The first-order valence-electron chi connectivity index (χ1n) is 17.0. The molecule has 1 saturated heterocycles. The fraction of sp³-hybridized carbons (Fsp3) is 0.676. The van der Waals surface area contributed by atoms with Crippen molar-refractivity contribution in [3.63, 3.8) is 0 Å². The standard InChI is InChI=1S/C34H45NO12S2/c1-2-43-25(39)6-4-19-15-20-8-12-44-27(20)29-28(19)46-33-9-7-24(49-48-14-11-35-10-13-45-29)32(18-37,47-33)31(41)16-21-3-5-23(38)22(17-36)26(21)34(33,42)30(31)40/h7-9,12,15,21-24,26,30,35-38,40-42H,2-6,10-11,13-14,16-18H2,1H3/t21-,22-,23-,24+,26-,30-,31-,32-,33+,34+/m0/s1. The molecular weight excluding hydrogens is 679 g/mol. The maximum absolute atomic E-state index is 13.2. The molecular formula is C34H45NO12S2. The van der Waals surface area contributed by atoms with Crippen LogP contribution in [0, 0.1) is 17.8 Å². The second-order valence-electron chi connectivity index (χ2n) is 13.7. The minimum atomic E-state index is -2.46. The lowest BCUT2D eigenvalue weighted by Gasteiger charge is -2.72. The van der Waals surface area contributed by atoms with Crippen LogP contribution in [0.4, 0.5) is 0 Å². The molecule has 7 N–H and O–H groups in total. The molecule has 7 rings (SSSR count). The summed E-state index contributed by atoms with van der Waals surface area (Å²) in [6.45, 7) is 2.03. The Morgan fingerprint density at radius 1 is 1.16 bits per heavy atom. The fourth-order valence-corrected chi connectivity index (χ4v) is 11.7. The van der Waals surface area contributed by atoms with Gasteiger partial charge < -0.3 is 59.3 Å². The van der Waals surface area contributed by atoms with Crippen LogP contribution in [0.1, 0.15) is 38.2 Å². The second-order valence-corrected chi connectivity index (χ2v) is 16.3. The topological polar surface area (TPSA) is 201 Å². The molecule has 3 fully saturated rings. The van der Waals surface area contributed by atoms with Gasteiger partial charge in [-0.15, -0.1) is 0 Å². The molecule has 2 aromatic rings. The average Bonchev–Trinajstić information content (AvgIpc) is 3.56. The molecule has 5 bridgehead atoms. The van der Waals surface area contributed by atoms with E-state index in [0.717, 1.165) is 0 Å². The van der Waals surface area contributed by atoms with Crippen molar-refractivity contribution in [3.8, 4) is 11.5 Å². The molecule has 2 aliphatic carbocycles. The van der Waals surface area contributed by atoms with Crippen molar-refractivity contribution in [2.24, 2.45) is 17.8 Å². The number of furan rings is 1. The molecule has 5 aliphatic rings. The quantitative estimate of drug-likeness (QED) is 0.128. The molecule has 13 nitrogen and oxygen atoms in total. The average molecular weight is 724 g/mol. The maximum atomic E-state index is 13.2. The van der Waals surface area contributed by atoms with Crippen LogP contribution in [-0.4, -0.2) is 122 Å². The third kappa shape index (κ3) is 5.34. The van der Waals surface area contributed by atoms with Gasteiger partial charge in [-0.25, -0.2) is 0 Å². The van der Waals surface area contributed by atoms with Crippen molar-refractivity contribution in [2.75, 3.05) is 45.3 Å². The molecule has 1 aromatic carbocycles. The van der Waals surface area contributed by atoms with E-state index in [4.69, 9.17) is 23.4 Å². The van der Waals surface area contributed by atoms with Crippen LogP contribution in [0.5, 0.6) is 11.5 Å². The molecule has 1 aromatic heterocycles. The molecule has 0 amide bonds. The van der Waals surface area contributed by atoms with E-state index in [9.17, 15) is 35.4 Å². The number of aliphatic hydroxyl groups is 6. The Labute approximate surface area is 291 Å². The Kier molecular flexibility index (Phi) is 9.74. The van der Waals surface area contributed by atoms with Gasteiger partial charge in [0.05, 0.1) is 30.8 Å². The monoisotopic (exact) mass is 723 g/mol. The van der Waals surface area contributed by atoms with Crippen LogP contribution in [0.2, 0.25) is 0 Å². The minimum absolute atomic E-state index is 0.00904. The van der Waals surface area contributed by atoms with E-state index in [1.807, 2.05) is 0 Å². The summed E-state index contributed by atoms with van der Waals surface area (Å²) in [6, 6.07) is 3.54. The van der Waals surface area contributed by atoms with Crippen LogP contribution in [0.25, 0.3) is 11.0 Å². The molecule has 1 spiro atoms. The predicted molar refractivity (Wildman–Crippen MR) is 180 cm³/mol. The number of aliphatic hydroxyl groups excluding tert-OH is 4. The van der Waals surface area contributed by atoms with Crippen LogP contribution in [-0.2, 0) is 20.7 Å². The highest BCUT2D eigenvalue weighted by Gasteiger charge is 2.83.